The van der Waals surface area contributed by atoms with E-state index in [0.717, 1.165) is 25.7 Å². The third-order valence-corrected chi connectivity index (χ3v) is 19.3. The van der Waals surface area contributed by atoms with E-state index in [2.05, 4.69) is 57.9 Å². The van der Waals surface area contributed by atoms with Crippen molar-refractivity contribution in [2.75, 3.05) is 39.0 Å². The second-order valence-electron chi connectivity index (χ2n) is 18.7. The van der Waals surface area contributed by atoms with Crippen LogP contribution in [0.5, 0.6) is 5.75 Å². The van der Waals surface area contributed by atoms with Crippen molar-refractivity contribution >= 4 is 41.5 Å². The molecule has 2 aliphatic heterocycles. The Bertz CT molecular complexity index is 2310. The molecule has 2 saturated heterocycles. The molecule has 316 valence electrons. The minimum absolute atomic E-state index is 0.0321. The topological polar surface area (TPSA) is 86.3 Å². The Morgan fingerprint density at radius 3 is 2.19 bits per heavy atom. The summed E-state index contributed by atoms with van der Waals surface area (Å²) in [4.78, 5) is 27.5. The fraction of sp³-hybridized carbons (Fsp3) is 0.553. The molecule has 2 bridgehead atoms. The molecular weight excluding hydrogens is 767 g/mol. The van der Waals surface area contributed by atoms with E-state index in [1.165, 1.54) is 13.2 Å². The van der Waals surface area contributed by atoms with Gasteiger partial charge in [0.05, 0.1) is 23.2 Å². The summed E-state index contributed by atoms with van der Waals surface area (Å²) in [5.41, 5.74) is 5.39. The van der Waals surface area contributed by atoms with Gasteiger partial charge in [-0.1, -0.05) is 53.5 Å². The summed E-state index contributed by atoms with van der Waals surface area (Å²) in [6.07, 6.45) is 4.50. The lowest BCUT2D eigenvalue weighted by Crippen LogP contribution is -2.57. The Balaban J connectivity index is 1.45. The Morgan fingerprint density at radius 2 is 1.63 bits per heavy atom. The van der Waals surface area contributed by atoms with E-state index in [4.69, 9.17) is 28.9 Å². The quantitative estimate of drug-likeness (QED) is 0.0888. The van der Waals surface area contributed by atoms with E-state index in [1.54, 1.807) is 25.4 Å². The summed E-state index contributed by atoms with van der Waals surface area (Å²) in [5.74, 6) is 3.39. The van der Waals surface area contributed by atoms with Crippen LogP contribution in [0.3, 0.4) is 0 Å². The fourth-order valence-corrected chi connectivity index (χ4v) is 15.4. The minimum Gasteiger partial charge on any atom is -0.468 e. The first-order valence-corrected chi connectivity index (χ1v) is 23.3. The van der Waals surface area contributed by atoms with Gasteiger partial charge in [-0.05, 0) is 93.6 Å². The second kappa shape index (κ2) is 15.9. The highest BCUT2D eigenvalue weighted by Crippen LogP contribution is 2.54. The molecule has 3 fully saturated rings. The number of amides is 1. The van der Waals surface area contributed by atoms with Gasteiger partial charge in [-0.2, -0.15) is 0 Å². The van der Waals surface area contributed by atoms with Gasteiger partial charge >= 0.3 is 6.09 Å². The Kier molecular flexibility index (Phi) is 11.6. The number of aromatic nitrogens is 2. The lowest BCUT2D eigenvalue weighted by molar-refractivity contribution is 0.0122. The van der Waals surface area contributed by atoms with E-state index in [1.807, 2.05) is 38.7 Å². The van der Waals surface area contributed by atoms with Gasteiger partial charge in [0.15, 0.2) is 12.6 Å². The molecular formula is C47H60F2N4O5Si. The molecule has 0 N–H and O–H groups in total. The van der Waals surface area contributed by atoms with Crippen molar-refractivity contribution in [1.29, 1.82) is 0 Å². The summed E-state index contributed by atoms with van der Waals surface area (Å²) in [5, 5.41) is 2.06. The average Bonchev–Trinajstić information content (AvgIpc) is 3.91. The molecule has 2 aromatic carbocycles. The molecule has 2 unspecified atom stereocenters. The third-order valence-electron chi connectivity index (χ3n) is 13.0. The maximum atomic E-state index is 18.1. The van der Waals surface area contributed by atoms with Crippen molar-refractivity contribution < 1.29 is 32.5 Å². The number of benzene rings is 2. The van der Waals surface area contributed by atoms with E-state index in [0.29, 0.717) is 79.6 Å². The molecule has 0 spiro atoms. The third kappa shape index (κ3) is 7.57. The van der Waals surface area contributed by atoms with Crippen LogP contribution in [-0.4, -0.2) is 80.8 Å². The van der Waals surface area contributed by atoms with Crippen LogP contribution in [0.25, 0.3) is 32.8 Å². The van der Waals surface area contributed by atoms with Crippen LogP contribution in [0.15, 0.2) is 30.5 Å². The lowest BCUT2D eigenvalue weighted by atomic mass is 9.93. The summed E-state index contributed by atoms with van der Waals surface area (Å²) >= 11 is 0. The van der Waals surface area contributed by atoms with Crippen LogP contribution in [0.2, 0.25) is 16.6 Å². The van der Waals surface area contributed by atoms with E-state index in [-0.39, 0.29) is 36.2 Å². The Morgan fingerprint density at radius 1 is 0.983 bits per heavy atom. The zero-order valence-corrected chi connectivity index (χ0v) is 37.8. The Labute approximate surface area is 349 Å². The van der Waals surface area contributed by atoms with Crippen LogP contribution in [-0.2, 0) is 19.8 Å². The number of rotatable bonds is 10. The number of hydrogen-bond donors (Lipinski definition) is 0. The number of methoxy groups -OCH3 is 2. The molecule has 2 aromatic heterocycles. The molecule has 9 nitrogen and oxygen atoms in total. The number of carbonyl (C=O) groups excluding carboxylic acids is 1. The smallest absolute Gasteiger partial charge is 0.410 e. The highest BCUT2D eigenvalue weighted by atomic mass is 28.3. The van der Waals surface area contributed by atoms with Crippen molar-refractivity contribution in [2.24, 2.45) is 0 Å². The van der Waals surface area contributed by atoms with Gasteiger partial charge < -0.3 is 23.8 Å². The SMILES string of the molecule is COCOc1cc(-c2ncc3c(N4CC5CCC(C4)N5C(=O)OC(C)(C)C)nc(C)c(C4(OC)CC4)c3c2F)c2c(C#C[Si](C(C)C)(C(C)C)C(C)C)c(F)ccc2c1. The van der Waals surface area contributed by atoms with Gasteiger partial charge in [-0.25, -0.2) is 18.6 Å². The number of aryl methyl sites for hydroxylation is 1. The van der Waals surface area contributed by atoms with E-state index >= 15 is 8.78 Å². The molecule has 1 amide bonds. The number of anilines is 1. The molecule has 12 heteroatoms. The van der Waals surface area contributed by atoms with Gasteiger partial charge in [-0.15, -0.1) is 5.54 Å². The van der Waals surface area contributed by atoms with Crippen molar-refractivity contribution in [3.05, 3.63) is 58.9 Å². The van der Waals surface area contributed by atoms with Crippen LogP contribution in [0, 0.1) is 30.0 Å². The van der Waals surface area contributed by atoms with Gasteiger partial charge in [0.25, 0.3) is 0 Å². The van der Waals surface area contributed by atoms with Crippen molar-refractivity contribution in [1.82, 2.24) is 14.9 Å². The van der Waals surface area contributed by atoms with Crippen LogP contribution < -0.4 is 9.64 Å². The number of nitrogens with zero attached hydrogens (tertiary/aromatic N) is 4. The maximum absolute atomic E-state index is 18.1. The number of halogens is 2. The molecule has 7 rings (SSSR count). The number of piperazine rings is 1. The largest absolute Gasteiger partial charge is 0.468 e. The summed E-state index contributed by atoms with van der Waals surface area (Å²) in [7, 11) is 0.905. The molecule has 3 aliphatic rings. The second-order valence-corrected chi connectivity index (χ2v) is 24.3. The normalized spacial score (nSPS) is 18.9. The molecule has 4 heterocycles. The number of ether oxygens (including phenoxy) is 4. The number of carbonyl (C=O) groups is 1. The number of hydrogen-bond acceptors (Lipinski definition) is 8. The molecule has 1 aliphatic carbocycles. The predicted molar refractivity (Wildman–Crippen MR) is 233 cm³/mol. The Hall–Kier alpha value is -4.31. The predicted octanol–water partition coefficient (Wildman–Crippen LogP) is 10.8. The van der Waals surface area contributed by atoms with Crippen molar-refractivity contribution in [2.45, 2.75) is 135 Å². The summed E-state index contributed by atoms with van der Waals surface area (Å²) < 4.78 is 57.6. The first-order valence-electron chi connectivity index (χ1n) is 21.1. The zero-order valence-electron chi connectivity index (χ0n) is 36.8. The number of pyridine rings is 2. The van der Waals surface area contributed by atoms with Crippen LogP contribution in [0.4, 0.5) is 19.4 Å². The van der Waals surface area contributed by atoms with Crippen LogP contribution in [0.1, 0.15) is 105 Å². The van der Waals surface area contributed by atoms with Gasteiger partial charge in [0.2, 0.25) is 0 Å². The van der Waals surface area contributed by atoms with Gasteiger partial charge in [0, 0.05) is 66.5 Å². The van der Waals surface area contributed by atoms with Crippen molar-refractivity contribution in [3.8, 4) is 28.5 Å². The highest BCUT2D eigenvalue weighted by molar-refractivity contribution is 6.90. The average molecular weight is 827 g/mol. The maximum Gasteiger partial charge on any atom is 0.410 e. The van der Waals surface area contributed by atoms with E-state index in [9.17, 15) is 4.79 Å². The van der Waals surface area contributed by atoms with Crippen LogP contribution >= 0.6 is 0 Å². The first kappa shape index (κ1) is 42.8. The van der Waals surface area contributed by atoms with E-state index < -0.39 is 30.9 Å². The molecule has 59 heavy (non-hydrogen) atoms. The first-order chi connectivity index (χ1) is 27.9. The minimum atomic E-state index is -2.29. The standard InChI is InChI=1S/C47H60F2N4O5Si/c1-27(2)59(28(3)4,29(5)6)20-17-35-38(48)16-13-31-21-34(57-26-55-11)22-36(39(31)35)43-42(49)40-37(23-50-43)44(51-30(7)41(40)47(56-12)18-19-47)52-24-32-14-15-33(25-52)53(32)45(54)58-46(8,9)10/h13,16,21-23,27-29,32-33H,14-15,18-19,24-26H2,1-12H3. The zero-order chi connectivity index (χ0) is 42.8. The highest BCUT2D eigenvalue weighted by Gasteiger charge is 2.50. The molecule has 1 saturated carbocycles. The summed E-state index contributed by atoms with van der Waals surface area (Å²) in [6, 6.07) is 6.48. The monoisotopic (exact) mass is 826 g/mol. The lowest BCUT2D eigenvalue weighted by Gasteiger charge is -2.42. The summed E-state index contributed by atoms with van der Waals surface area (Å²) in [6.45, 7) is 21.9. The van der Waals surface area contributed by atoms with Gasteiger partial charge in [0.1, 0.15) is 36.8 Å². The fourth-order valence-electron chi connectivity index (χ4n) is 10.2. The number of fused-ring (bicyclic) bond motifs is 4. The molecule has 4 aromatic rings. The molecule has 2 atom stereocenters. The van der Waals surface area contributed by atoms with Gasteiger partial charge in [-0.3, -0.25) is 9.88 Å². The molecule has 0 radical (unpaired) electrons. The van der Waals surface area contributed by atoms with Crippen molar-refractivity contribution in [3.63, 3.8) is 0 Å².